The molecule has 1 aromatic rings. The van der Waals surface area contributed by atoms with Crippen LogP contribution in [0.4, 0.5) is 5.69 Å². The molecule has 0 aliphatic rings. The molecule has 0 spiro atoms. The topological polar surface area (TPSA) is 98.2 Å². The van der Waals surface area contributed by atoms with E-state index < -0.39 is 11.8 Å². The van der Waals surface area contributed by atoms with Gasteiger partial charge in [-0.15, -0.1) is 0 Å². The number of carbonyl (C=O) groups is 2. The highest BCUT2D eigenvalue weighted by molar-refractivity contribution is 6.39. The lowest BCUT2D eigenvalue weighted by molar-refractivity contribution is -0.117. The van der Waals surface area contributed by atoms with Crippen molar-refractivity contribution in [1.29, 1.82) is 0 Å². The second-order valence-electron chi connectivity index (χ2n) is 3.00. The molecule has 0 aliphatic carbocycles. The molecule has 5 N–H and O–H groups in total. The summed E-state index contributed by atoms with van der Waals surface area (Å²) in [6, 6.07) is 2.72. The summed E-state index contributed by atoms with van der Waals surface area (Å²) in [5, 5.41) is 2.66. The molecule has 0 bridgehead atoms. The number of hydrogen-bond acceptors (Lipinski definition) is 3. The minimum atomic E-state index is -0.638. The molecule has 1 rings (SSSR count). The maximum Gasteiger partial charge on any atom is 0.251 e. The Labute approximate surface area is 102 Å². The lowest BCUT2D eigenvalue weighted by atomic mass is 10.2. The van der Waals surface area contributed by atoms with Crippen LogP contribution in [0.2, 0.25) is 10.0 Å². The highest BCUT2D eigenvalue weighted by Gasteiger charge is 2.11. The van der Waals surface area contributed by atoms with E-state index in [4.69, 9.17) is 34.7 Å². The van der Waals surface area contributed by atoms with Gasteiger partial charge in [0.05, 0.1) is 22.3 Å². The number of primary amides is 1. The van der Waals surface area contributed by atoms with Crippen LogP contribution in [0.1, 0.15) is 10.4 Å². The molecule has 0 atom stereocenters. The predicted octanol–water partition coefficient (Wildman–Crippen LogP) is 0.791. The van der Waals surface area contributed by atoms with Crippen molar-refractivity contribution in [2.45, 2.75) is 0 Å². The minimum Gasteiger partial charge on any atom is -0.396 e. The minimum absolute atomic E-state index is 0.178. The van der Waals surface area contributed by atoms with Crippen molar-refractivity contribution in [2.75, 3.05) is 12.3 Å². The Kier molecular flexibility index (Phi) is 3.98. The molecule has 86 valence electrons. The van der Waals surface area contributed by atoms with Crippen molar-refractivity contribution in [2.24, 2.45) is 5.73 Å². The number of nitrogens with one attached hydrogen (secondary N) is 1. The Bertz CT molecular complexity index is 425. The quantitative estimate of drug-likeness (QED) is 0.702. The Morgan fingerprint density at radius 1 is 1.25 bits per heavy atom. The van der Waals surface area contributed by atoms with E-state index in [0.717, 1.165) is 0 Å². The number of hydrogen-bond donors (Lipinski definition) is 3. The van der Waals surface area contributed by atoms with Crippen molar-refractivity contribution in [1.82, 2.24) is 5.32 Å². The molecule has 1 aromatic carbocycles. The van der Waals surface area contributed by atoms with E-state index in [1.807, 2.05) is 0 Å². The van der Waals surface area contributed by atoms with Crippen LogP contribution in [0.25, 0.3) is 0 Å². The van der Waals surface area contributed by atoms with Gasteiger partial charge in [0.2, 0.25) is 5.91 Å². The normalized spacial score (nSPS) is 9.88. The van der Waals surface area contributed by atoms with E-state index in [1.54, 1.807) is 0 Å². The molecule has 0 heterocycles. The first-order valence-electron chi connectivity index (χ1n) is 4.23. The lowest BCUT2D eigenvalue weighted by Crippen LogP contribution is -2.33. The number of benzene rings is 1. The zero-order valence-electron chi connectivity index (χ0n) is 8.09. The van der Waals surface area contributed by atoms with Gasteiger partial charge < -0.3 is 16.8 Å². The van der Waals surface area contributed by atoms with E-state index in [2.05, 4.69) is 5.32 Å². The standard InChI is InChI=1S/C9H9Cl2N3O2/c10-5-1-4(2-6(11)8(5)13)9(16)14-3-7(12)15/h1-2H,3,13H2,(H2,12,15)(H,14,16). The third-order valence-electron chi connectivity index (χ3n) is 1.76. The first-order valence-corrected chi connectivity index (χ1v) is 4.98. The van der Waals surface area contributed by atoms with Gasteiger partial charge in [0.15, 0.2) is 0 Å². The fourth-order valence-corrected chi connectivity index (χ4v) is 1.47. The fourth-order valence-electron chi connectivity index (χ4n) is 0.985. The van der Waals surface area contributed by atoms with Gasteiger partial charge in [0.25, 0.3) is 5.91 Å². The summed E-state index contributed by atoms with van der Waals surface area (Å²) < 4.78 is 0. The zero-order valence-corrected chi connectivity index (χ0v) is 9.60. The molecule has 0 aromatic heterocycles. The predicted molar refractivity (Wildman–Crippen MR) is 62.4 cm³/mol. The molecule has 0 radical (unpaired) electrons. The largest absolute Gasteiger partial charge is 0.396 e. The highest BCUT2D eigenvalue weighted by Crippen LogP contribution is 2.28. The molecule has 0 unspecified atom stereocenters. The van der Waals surface area contributed by atoms with Crippen molar-refractivity contribution in [3.63, 3.8) is 0 Å². The second kappa shape index (κ2) is 5.05. The van der Waals surface area contributed by atoms with Gasteiger partial charge >= 0.3 is 0 Å². The van der Waals surface area contributed by atoms with Gasteiger partial charge in [0.1, 0.15) is 0 Å². The summed E-state index contributed by atoms with van der Waals surface area (Å²) in [6.45, 7) is -0.252. The summed E-state index contributed by atoms with van der Waals surface area (Å²) >= 11 is 11.5. The Morgan fingerprint density at radius 2 is 1.75 bits per heavy atom. The van der Waals surface area contributed by atoms with Crippen LogP contribution >= 0.6 is 23.2 Å². The fraction of sp³-hybridized carbons (Fsp3) is 0.111. The van der Waals surface area contributed by atoms with Gasteiger partial charge in [-0.25, -0.2) is 0 Å². The molecular weight excluding hydrogens is 253 g/mol. The van der Waals surface area contributed by atoms with Crippen molar-refractivity contribution in [3.8, 4) is 0 Å². The second-order valence-corrected chi connectivity index (χ2v) is 3.82. The Hall–Kier alpha value is -1.46. The Morgan fingerprint density at radius 3 is 2.19 bits per heavy atom. The first kappa shape index (κ1) is 12.6. The third kappa shape index (κ3) is 3.01. The summed E-state index contributed by atoms with van der Waals surface area (Å²) in [5.41, 5.74) is 10.8. The molecule has 2 amide bonds. The van der Waals surface area contributed by atoms with Gasteiger partial charge in [0, 0.05) is 5.56 Å². The van der Waals surface area contributed by atoms with Crippen LogP contribution in [-0.2, 0) is 4.79 Å². The maximum absolute atomic E-state index is 11.5. The SMILES string of the molecule is NC(=O)CNC(=O)c1cc(Cl)c(N)c(Cl)c1. The highest BCUT2D eigenvalue weighted by atomic mass is 35.5. The van der Waals surface area contributed by atoms with Gasteiger partial charge in [-0.2, -0.15) is 0 Å². The number of anilines is 1. The monoisotopic (exact) mass is 261 g/mol. The zero-order chi connectivity index (χ0) is 12.3. The van der Waals surface area contributed by atoms with Crippen LogP contribution in [0.15, 0.2) is 12.1 Å². The van der Waals surface area contributed by atoms with Crippen molar-refractivity contribution in [3.05, 3.63) is 27.7 Å². The van der Waals surface area contributed by atoms with E-state index in [1.165, 1.54) is 12.1 Å². The molecular formula is C9H9Cl2N3O2. The van der Waals surface area contributed by atoms with Gasteiger partial charge in [-0.05, 0) is 12.1 Å². The summed E-state index contributed by atoms with van der Waals surface area (Å²) in [5.74, 6) is -1.14. The number of carbonyl (C=O) groups excluding carboxylic acids is 2. The third-order valence-corrected chi connectivity index (χ3v) is 2.39. The molecule has 0 saturated heterocycles. The van der Waals surface area contributed by atoms with Crippen LogP contribution in [0.5, 0.6) is 0 Å². The van der Waals surface area contributed by atoms with Crippen LogP contribution in [0, 0.1) is 0 Å². The molecule has 16 heavy (non-hydrogen) atoms. The number of halogens is 2. The molecule has 0 saturated carbocycles. The smallest absolute Gasteiger partial charge is 0.251 e. The van der Waals surface area contributed by atoms with Crippen LogP contribution in [-0.4, -0.2) is 18.4 Å². The Balaban J connectivity index is 2.88. The number of amides is 2. The van der Waals surface area contributed by atoms with Crippen LogP contribution < -0.4 is 16.8 Å². The first-order chi connectivity index (χ1) is 7.41. The molecule has 0 aliphatic heterocycles. The molecule has 0 fully saturated rings. The molecule has 7 heteroatoms. The summed E-state index contributed by atoms with van der Waals surface area (Å²) in [6.07, 6.45) is 0. The average molecular weight is 262 g/mol. The van der Waals surface area contributed by atoms with Gasteiger partial charge in [-0.3, -0.25) is 9.59 Å². The summed E-state index contributed by atoms with van der Waals surface area (Å²) in [7, 11) is 0. The number of rotatable bonds is 3. The summed E-state index contributed by atoms with van der Waals surface area (Å²) in [4.78, 5) is 21.9. The van der Waals surface area contributed by atoms with Crippen molar-refractivity contribution < 1.29 is 9.59 Å². The maximum atomic E-state index is 11.5. The van der Waals surface area contributed by atoms with Crippen LogP contribution in [0.3, 0.4) is 0 Å². The van der Waals surface area contributed by atoms with E-state index >= 15 is 0 Å². The number of nitrogens with two attached hydrogens (primary N) is 2. The lowest BCUT2D eigenvalue weighted by Gasteiger charge is -2.06. The van der Waals surface area contributed by atoms with E-state index in [9.17, 15) is 9.59 Å². The van der Waals surface area contributed by atoms with E-state index in [-0.39, 0.29) is 27.8 Å². The van der Waals surface area contributed by atoms with Crippen molar-refractivity contribution >= 4 is 40.7 Å². The van der Waals surface area contributed by atoms with Gasteiger partial charge in [-0.1, -0.05) is 23.2 Å². The number of nitrogen functional groups attached to an aromatic ring is 1. The molecule has 5 nitrogen and oxygen atoms in total. The average Bonchev–Trinajstić information content (AvgIpc) is 2.21. The van der Waals surface area contributed by atoms with E-state index in [0.29, 0.717) is 0 Å².